The van der Waals surface area contributed by atoms with Crippen molar-refractivity contribution in [3.63, 3.8) is 0 Å². The normalized spacial score (nSPS) is 17.6. The summed E-state index contributed by atoms with van der Waals surface area (Å²) in [5.41, 5.74) is 3.06. The Morgan fingerprint density at radius 3 is 2.09 bits per heavy atom. The molecule has 0 bridgehead atoms. The first-order chi connectivity index (χ1) is 15.6. The van der Waals surface area contributed by atoms with E-state index in [0.717, 1.165) is 30.9 Å². The minimum Gasteiger partial charge on any atom is -0.490 e. The van der Waals surface area contributed by atoms with Gasteiger partial charge in [0, 0.05) is 26.2 Å². The third kappa shape index (κ3) is 4.63. The Hall–Kier alpha value is -2.92. The Bertz CT molecular complexity index is 949. The second kappa shape index (κ2) is 10.1. The molecule has 1 saturated heterocycles. The van der Waals surface area contributed by atoms with Gasteiger partial charge in [0.05, 0.1) is 11.6 Å². The van der Waals surface area contributed by atoms with Gasteiger partial charge >= 0.3 is 0 Å². The molecule has 3 aromatic carbocycles. The Balaban J connectivity index is 1.67. The molecule has 1 N–H and O–H groups in total. The molecule has 166 valence electrons. The second-order valence-electron chi connectivity index (χ2n) is 8.46. The lowest BCUT2D eigenvalue weighted by Gasteiger charge is -2.51. The van der Waals surface area contributed by atoms with E-state index in [9.17, 15) is 5.11 Å². The molecule has 1 heterocycles. The lowest BCUT2D eigenvalue weighted by molar-refractivity contribution is -0.00340. The number of benzene rings is 3. The average molecular weight is 429 g/mol. The maximum atomic E-state index is 11.2. The molecule has 0 spiro atoms. The van der Waals surface area contributed by atoms with Gasteiger partial charge in [-0.2, -0.15) is 0 Å². The summed E-state index contributed by atoms with van der Waals surface area (Å²) in [7, 11) is 2.18. The number of aliphatic hydroxyl groups is 1. The summed E-state index contributed by atoms with van der Waals surface area (Å²) in [6, 6.07) is 29.1. The Labute approximate surface area is 191 Å². The lowest BCUT2D eigenvalue weighted by atomic mass is 9.79. The van der Waals surface area contributed by atoms with E-state index in [1.807, 2.05) is 24.3 Å². The molecule has 1 aliphatic rings. The number of aliphatic hydroxyl groups excluding tert-OH is 1. The van der Waals surface area contributed by atoms with Crippen molar-refractivity contribution in [1.82, 2.24) is 9.80 Å². The number of rotatable bonds is 8. The maximum Gasteiger partial charge on any atom is 0.119 e. The van der Waals surface area contributed by atoms with Crippen LogP contribution in [-0.2, 0) is 5.54 Å². The van der Waals surface area contributed by atoms with E-state index < -0.39 is 6.10 Å². The zero-order chi connectivity index (χ0) is 22.4. The third-order valence-electron chi connectivity index (χ3n) is 6.32. The van der Waals surface area contributed by atoms with Gasteiger partial charge in [0.25, 0.3) is 0 Å². The molecule has 32 heavy (non-hydrogen) atoms. The van der Waals surface area contributed by atoms with Crippen LogP contribution in [0.4, 0.5) is 0 Å². The fraction of sp³-hybridized carbons (Fsp3) is 0.286. The van der Waals surface area contributed by atoms with Crippen LogP contribution in [0, 0.1) is 0 Å². The first kappa shape index (κ1) is 22.3. The highest BCUT2D eigenvalue weighted by molar-refractivity contribution is 5.40. The molecule has 3 aromatic rings. The number of likely N-dealkylation sites (N-methyl/N-ethyl adjacent to an activating group) is 1. The van der Waals surface area contributed by atoms with Crippen LogP contribution in [0.25, 0.3) is 0 Å². The summed E-state index contributed by atoms with van der Waals surface area (Å²) in [6.07, 6.45) is 1.13. The highest BCUT2D eigenvalue weighted by Gasteiger charge is 2.44. The summed E-state index contributed by atoms with van der Waals surface area (Å²) in [6.45, 7) is 7.40. The Morgan fingerprint density at radius 1 is 0.938 bits per heavy atom. The second-order valence-corrected chi connectivity index (χ2v) is 8.46. The quantitative estimate of drug-likeness (QED) is 0.537. The van der Waals surface area contributed by atoms with E-state index >= 15 is 0 Å². The molecule has 1 aliphatic heterocycles. The molecule has 4 heteroatoms. The summed E-state index contributed by atoms with van der Waals surface area (Å²) in [5.74, 6) is 0.781. The molecule has 0 saturated carbocycles. The van der Waals surface area contributed by atoms with Gasteiger partial charge < -0.3 is 14.7 Å². The molecule has 1 atom stereocenters. The van der Waals surface area contributed by atoms with Crippen LogP contribution in [0.3, 0.4) is 0 Å². The molecule has 4 nitrogen and oxygen atoms in total. The van der Waals surface area contributed by atoms with Crippen LogP contribution in [0.1, 0.15) is 22.8 Å². The molecule has 0 radical (unpaired) electrons. The fourth-order valence-electron chi connectivity index (χ4n) is 4.70. The van der Waals surface area contributed by atoms with Gasteiger partial charge in [-0.15, -0.1) is 0 Å². The van der Waals surface area contributed by atoms with Gasteiger partial charge in [-0.3, -0.25) is 4.90 Å². The van der Waals surface area contributed by atoms with Crippen molar-refractivity contribution in [2.24, 2.45) is 0 Å². The zero-order valence-electron chi connectivity index (χ0n) is 18.7. The molecule has 0 aliphatic carbocycles. The Morgan fingerprint density at radius 2 is 1.53 bits per heavy atom. The van der Waals surface area contributed by atoms with Crippen molar-refractivity contribution < 1.29 is 9.84 Å². The third-order valence-corrected chi connectivity index (χ3v) is 6.32. The van der Waals surface area contributed by atoms with E-state index in [1.165, 1.54) is 11.1 Å². The van der Waals surface area contributed by atoms with Crippen molar-refractivity contribution >= 4 is 0 Å². The summed E-state index contributed by atoms with van der Waals surface area (Å²) in [4.78, 5) is 4.83. The van der Waals surface area contributed by atoms with E-state index in [1.54, 1.807) is 6.08 Å². The molecule has 0 aromatic heterocycles. The monoisotopic (exact) mass is 428 g/mol. The summed E-state index contributed by atoms with van der Waals surface area (Å²) < 4.78 is 5.58. The van der Waals surface area contributed by atoms with Crippen molar-refractivity contribution in [3.05, 3.63) is 114 Å². The number of ether oxygens (including phenoxy) is 1. The van der Waals surface area contributed by atoms with Crippen molar-refractivity contribution in [2.75, 3.05) is 39.8 Å². The maximum absolute atomic E-state index is 11.2. The average Bonchev–Trinajstić information content (AvgIpc) is 2.85. The van der Waals surface area contributed by atoms with Crippen LogP contribution < -0.4 is 4.74 Å². The fourth-order valence-corrected chi connectivity index (χ4v) is 4.70. The SMILES string of the molecule is C=CCOc1ccc(C(O)CN2CCN(C)CC2(c2ccccc2)c2ccccc2)cc1. The van der Waals surface area contributed by atoms with Crippen LogP contribution >= 0.6 is 0 Å². The highest BCUT2D eigenvalue weighted by atomic mass is 16.5. The minimum atomic E-state index is -0.598. The van der Waals surface area contributed by atoms with Gasteiger partial charge in [0.1, 0.15) is 12.4 Å². The highest BCUT2D eigenvalue weighted by Crippen LogP contribution is 2.40. The Kier molecular flexibility index (Phi) is 7.05. The van der Waals surface area contributed by atoms with Crippen molar-refractivity contribution in [1.29, 1.82) is 0 Å². The van der Waals surface area contributed by atoms with Crippen molar-refractivity contribution in [2.45, 2.75) is 11.6 Å². The molecule has 0 amide bonds. The standard InChI is InChI=1S/C28H32N2O2/c1-3-20-32-26-16-14-23(15-17-26)27(31)21-30-19-18-29(2)22-28(30,24-10-6-4-7-11-24)25-12-8-5-9-13-25/h3-17,27,31H,1,18-22H2,2H3. The number of nitrogens with zero attached hydrogens (tertiary/aromatic N) is 2. The molecular weight excluding hydrogens is 396 g/mol. The van der Waals surface area contributed by atoms with E-state index in [0.29, 0.717) is 13.2 Å². The zero-order valence-corrected chi connectivity index (χ0v) is 18.7. The van der Waals surface area contributed by atoms with Crippen LogP contribution in [0.2, 0.25) is 0 Å². The van der Waals surface area contributed by atoms with Gasteiger partial charge in [-0.05, 0) is 35.9 Å². The first-order valence-electron chi connectivity index (χ1n) is 11.2. The number of piperazine rings is 1. The molecular formula is C28H32N2O2. The van der Waals surface area contributed by atoms with Crippen LogP contribution in [0.15, 0.2) is 97.6 Å². The largest absolute Gasteiger partial charge is 0.490 e. The number of hydrogen-bond acceptors (Lipinski definition) is 4. The van der Waals surface area contributed by atoms with Gasteiger partial charge in [0.2, 0.25) is 0 Å². The van der Waals surface area contributed by atoms with Gasteiger partial charge in [-0.1, -0.05) is 85.5 Å². The molecule has 1 unspecified atom stereocenters. The predicted octanol–water partition coefficient (Wildman–Crippen LogP) is 4.48. The smallest absolute Gasteiger partial charge is 0.119 e. The van der Waals surface area contributed by atoms with Crippen LogP contribution in [0.5, 0.6) is 5.75 Å². The summed E-state index contributed by atoms with van der Waals surface area (Å²) in [5, 5.41) is 11.2. The molecule has 1 fully saturated rings. The van der Waals surface area contributed by atoms with Gasteiger partial charge in [0.15, 0.2) is 0 Å². The first-order valence-corrected chi connectivity index (χ1v) is 11.2. The topological polar surface area (TPSA) is 35.9 Å². The van der Waals surface area contributed by atoms with Crippen molar-refractivity contribution in [3.8, 4) is 5.75 Å². The van der Waals surface area contributed by atoms with E-state index in [4.69, 9.17) is 4.74 Å². The lowest BCUT2D eigenvalue weighted by Crippen LogP contribution is -2.60. The van der Waals surface area contributed by atoms with E-state index in [2.05, 4.69) is 84.1 Å². The molecule has 4 rings (SSSR count). The van der Waals surface area contributed by atoms with E-state index in [-0.39, 0.29) is 5.54 Å². The van der Waals surface area contributed by atoms with Gasteiger partial charge in [-0.25, -0.2) is 0 Å². The number of hydrogen-bond donors (Lipinski definition) is 1. The predicted molar refractivity (Wildman–Crippen MR) is 130 cm³/mol. The minimum absolute atomic E-state index is 0.330. The summed E-state index contributed by atoms with van der Waals surface area (Å²) >= 11 is 0. The number of β-amino-alcohol motifs (C(OH)–C–C–N with tert-alkyl or cyclic N) is 1. The van der Waals surface area contributed by atoms with Crippen LogP contribution in [-0.4, -0.2) is 54.7 Å².